The van der Waals surface area contributed by atoms with Crippen molar-refractivity contribution < 1.29 is 4.52 Å². The summed E-state index contributed by atoms with van der Waals surface area (Å²) in [7, 11) is 1.80. The summed E-state index contributed by atoms with van der Waals surface area (Å²) in [4.78, 5) is 6.79. The van der Waals surface area contributed by atoms with E-state index in [1.54, 1.807) is 7.05 Å². The molecule has 1 aliphatic heterocycles. The Balaban J connectivity index is 0.00000243. The van der Waals surface area contributed by atoms with E-state index >= 15 is 0 Å². The first-order valence-corrected chi connectivity index (χ1v) is 9.75. The summed E-state index contributed by atoms with van der Waals surface area (Å²) in [6.45, 7) is 6.97. The third kappa shape index (κ3) is 5.60. The van der Waals surface area contributed by atoms with Gasteiger partial charge in [0.05, 0.1) is 17.2 Å². The highest BCUT2D eigenvalue weighted by Gasteiger charge is 2.20. The van der Waals surface area contributed by atoms with Crippen LogP contribution in [0.25, 0.3) is 0 Å². The van der Waals surface area contributed by atoms with Crippen LogP contribution in [0.4, 0.5) is 5.00 Å². The van der Waals surface area contributed by atoms with Crippen LogP contribution in [0.5, 0.6) is 0 Å². The fourth-order valence-electron chi connectivity index (χ4n) is 2.94. The van der Waals surface area contributed by atoms with Gasteiger partial charge in [0.15, 0.2) is 11.7 Å². The molecule has 0 aliphatic carbocycles. The Bertz CT molecular complexity index is 678. The molecule has 2 aromatic rings. The van der Waals surface area contributed by atoms with Gasteiger partial charge in [0.2, 0.25) is 0 Å². The number of halogens is 1. The van der Waals surface area contributed by atoms with E-state index in [0.717, 1.165) is 43.3 Å². The van der Waals surface area contributed by atoms with Crippen molar-refractivity contribution in [2.75, 3.05) is 25.0 Å². The van der Waals surface area contributed by atoms with Gasteiger partial charge in [0.1, 0.15) is 0 Å². The minimum absolute atomic E-state index is 0. The smallest absolute Gasteiger partial charge is 0.191 e. The average molecular weight is 489 g/mol. The molecule has 26 heavy (non-hydrogen) atoms. The standard InChI is InChI=1S/C18H27N5OS.HI/c1-13(2)16-11-15(24-22-16)12-20-18(19-3)21-14-6-8-23(9-7-14)17-5-4-10-25-17;/h4-5,10-11,13-14H,6-9,12H2,1-3H3,(H2,19,20,21);1H. The highest BCUT2D eigenvalue weighted by molar-refractivity contribution is 14.0. The lowest BCUT2D eigenvalue weighted by atomic mass is 10.1. The van der Waals surface area contributed by atoms with Crippen LogP contribution in [-0.4, -0.2) is 37.3 Å². The molecule has 1 fully saturated rings. The first-order valence-electron chi connectivity index (χ1n) is 8.87. The van der Waals surface area contributed by atoms with Gasteiger partial charge in [-0.15, -0.1) is 35.3 Å². The summed E-state index contributed by atoms with van der Waals surface area (Å²) < 4.78 is 5.37. The molecule has 0 spiro atoms. The van der Waals surface area contributed by atoms with E-state index in [2.05, 4.69) is 57.0 Å². The Morgan fingerprint density at radius 2 is 2.19 bits per heavy atom. The largest absolute Gasteiger partial charge is 0.363 e. The highest BCUT2D eigenvalue weighted by atomic mass is 127. The second kappa shape index (κ2) is 10.1. The Hall–Kier alpha value is -1.29. The van der Waals surface area contributed by atoms with Gasteiger partial charge in [-0.2, -0.15) is 0 Å². The summed E-state index contributed by atoms with van der Waals surface area (Å²) in [6.07, 6.45) is 2.22. The van der Waals surface area contributed by atoms with E-state index < -0.39 is 0 Å². The van der Waals surface area contributed by atoms with E-state index in [1.165, 1.54) is 5.00 Å². The highest BCUT2D eigenvalue weighted by Crippen LogP contribution is 2.24. The number of piperidine rings is 1. The molecule has 1 aliphatic rings. The minimum atomic E-state index is 0. The molecule has 6 nitrogen and oxygen atoms in total. The van der Waals surface area contributed by atoms with Crippen LogP contribution in [0.3, 0.4) is 0 Å². The number of hydrogen-bond donors (Lipinski definition) is 2. The molecular formula is C18H28IN5OS. The molecule has 0 saturated carbocycles. The number of rotatable bonds is 5. The number of aromatic nitrogens is 1. The lowest BCUT2D eigenvalue weighted by Crippen LogP contribution is -2.48. The van der Waals surface area contributed by atoms with Crippen molar-refractivity contribution in [1.82, 2.24) is 15.8 Å². The van der Waals surface area contributed by atoms with E-state index in [0.29, 0.717) is 18.5 Å². The molecule has 0 bridgehead atoms. The van der Waals surface area contributed by atoms with Gasteiger partial charge >= 0.3 is 0 Å². The predicted octanol–water partition coefficient (Wildman–Crippen LogP) is 3.81. The third-order valence-electron chi connectivity index (χ3n) is 4.48. The zero-order valence-corrected chi connectivity index (χ0v) is 18.7. The number of aliphatic imine (C=N–C) groups is 1. The monoisotopic (exact) mass is 489 g/mol. The second-order valence-electron chi connectivity index (χ2n) is 6.66. The van der Waals surface area contributed by atoms with Gasteiger partial charge in [0, 0.05) is 32.2 Å². The van der Waals surface area contributed by atoms with Crippen LogP contribution in [0, 0.1) is 0 Å². The second-order valence-corrected chi connectivity index (χ2v) is 7.58. The van der Waals surface area contributed by atoms with Crippen LogP contribution < -0.4 is 15.5 Å². The number of hydrogen-bond acceptors (Lipinski definition) is 5. The third-order valence-corrected chi connectivity index (χ3v) is 5.41. The van der Waals surface area contributed by atoms with Gasteiger partial charge in [-0.05, 0) is 36.3 Å². The molecule has 0 unspecified atom stereocenters. The average Bonchev–Trinajstić information content (AvgIpc) is 3.31. The van der Waals surface area contributed by atoms with Crippen molar-refractivity contribution in [2.24, 2.45) is 4.99 Å². The molecule has 0 aromatic carbocycles. The van der Waals surface area contributed by atoms with E-state index in [-0.39, 0.29) is 24.0 Å². The molecule has 0 atom stereocenters. The maximum Gasteiger partial charge on any atom is 0.191 e. The molecule has 144 valence electrons. The molecule has 2 N–H and O–H groups in total. The molecular weight excluding hydrogens is 461 g/mol. The van der Waals surface area contributed by atoms with Crippen molar-refractivity contribution in [3.05, 3.63) is 35.0 Å². The summed E-state index contributed by atoms with van der Waals surface area (Å²) in [5.41, 5.74) is 0.987. The molecule has 8 heteroatoms. The van der Waals surface area contributed by atoms with Crippen LogP contribution >= 0.6 is 35.3 Å². The van der Waals surface area contributed by atoms with Crippen LogP contribution in [-0.2, 0) is 6.54 Å². The Labute approximate surface area is 176 Å². The fraction of sp³-hybridized carbons (Fsp3) is 0.556. The first-order chi connectivity index (χ1) is 12.2. The first kappa shape index (κ1) is 21.0. The van der Waals surface area contributed by atoms with E-state index in [1.807, 2.05) is 17.4 Å². The Kier molecular flexibility index (Phi) is 8.20. The van der Waals surface area contributed by atoms with Gasteiger partial charge in [-0.1, -0.05) is 19.0 Å². The van der Waals surface area contributed by atoms with E-state index in [4.69, 9.17) is 4.52 Å². The van der Waals surface area contributed by atoms with Crippen LogP contribution in [0.15, 0.2) is 33.1 Å². The zero-order chi connectivity index (χ0) is 17.6. The van der Waals surface area contributed by atoms with E-state index in [9.17, 15) is 0 Å². The quantitative estimate of drug-likeness (QED) is 0.380. The lowest BCUT2D eigenvalue weighted by Gasteiger charge is -2.33. The van der Waals surface area contributed by atoms with Crippen molar-refractivity contribution in [1.29, 1.82) is 0 Å². The fourth-order valence-corrected chi connectivity index (χ4v) is 3.72. The summed E-state index contributed by atoms with van der Waals surface area (Å²) in [5.74, 6) is 2.03. The van der Waals surface area contributed by atoms with Gasteiger partial charge < -0.3 is 20.1 Å². The molecule has 3 heterocycles. The topological polar surface area (TPSA) is 65.7 Å². The maximum absolute atomic E-state index is 5.37. The van der Waals surface area contributed by atoms with Crippen LogP contribution in [0.1, 0.15) is 44.1 Å². The number of thiophene rings is 1. The molecule has 3 rings (SSSR count). The summed E-state index contributed by atoms with van der Waals surface area (Å²) in [5, 5.41) is 14.4. The zero-order valence-electron chi connectivity index (χ0n) is 15.6. The summed E-state index contributed by atoms with van der Waals surface area (Å²) >= 11 is 1.81. The van der Waals surface area contributed by atoms with Crippen molar-refractivity contribution in [3.63, 3.8) is 0 Å². The van der Waals surface area contributed by atoms with Gasteiger partial charge in [-0.3, -0.25) is 4.99 Å². The van der Waals surface area contributed by atoms with Crippen molar-refractivity contribution >= 4 is 46.3 Å². The molecule has 1 saturated heterocycles. The SMILES string of the molecule is CN=C(NCc1cc(C(C)C)no1)NC1CCN(c2cccs2)CC1.I. The number of nitrogens with one attached hydrogen (secondary N) is 2. The molecule has 2 aromatic heterocycles. The number of guanidine groups is 1. The summed E-state index contributed by atoms with van der Waals surface area (Å²) in [6, 6.07) is 6.76. The lowest BCUT2D eigenvalue weighted by molar-refractivity contribution is 0.371. The van der Waals surface area contributed by atoms with Crippen molar-refractivity contribution in [3.8, 4) is 0 Å². The maximum atomic E-state index is 5.37. The van der Waals surface area contributed by atoms with Gasteiger partial charge in [-0.25, -0.2) is 0 Å². The number of anilines is 1. The Morgan fingerprint density at radius 1 is 1.42 bits per heavy atom. The Morgan fingerprint density at radius 3 is 2.77 bits per heavy atom. The normalized spacial score (nSPS) is 15.8. The molecule has 0 radical (unpaired) electrons. The van der Waals surface area contributed by atoms with Crippen molar-refractivity contribution in [2.45, 2.75) is 45.2 Å². The molecule has 0 amide bonds. The minimum Gasteiger partial charge on any atom is -0.363 e. The van der Waals surface area contributed by atoms with Crippen LogP contribution in [0.2, 0.25) is 0 Å². The predicted molar refractivity (Wildman–Crippen MR) is 119 cm³/mol. The van der Waals surface area contributed by atoms with Gasteiger partial charge in [0.25, 0.3) is 0 Å². The number of nitrogens with zero attached hydrogens (tertiary/aromatic N) is 3.